The number of aromatic nitrogens is 1. The van der Waals surface area contributed by atoms with E-state index < -0.39 is 0 Å². The molecule has 1 aromatic heterocycles. The van der Waals surface area contributed by atoms with Gasteiger partial charge in [-0.15, -0.1) is 23.1 Å². The molecule has 0 saturated carbocycles. The minimum Gasteiger partial charge on any atom is -0.245 e. The zero-order chi connectivity index (χ0) is 18.7. The van der Waals surface area contributed by atoms with Crippen LogP contribution in [-0.2, 0) is 17.6 Å². The van der Waals surface area contributed by atoms with Crippen LogP contribution in [0.2, 0.25) is 0 Å². The van der Waals surface area contributed by atoms with E-state index in [1.807, 2.05) is 11.8 Å². The normalized spacial score (nSPS) is 11.7. The highest BCUT2D eigenvalue weighted by atomic mass is 32.2. The van der Waals surface area contributed by atoms with Gasteiger partial charge in [0.1, 0.15) is 0 Å². The average molecular weight is 382 g/mol. The van der Waals surface area contributed by atoms with E-state index in [1.54, 1.807) is 11.3 Å². The summed E-state index contributed by atoms with van der Waals surface area (Å²) < 4.78 is 0. The fraction of sp³-hybridized carbons (Fsp3) is 0.348. The number of benzene rings is 2. The monoisotopic (exact) mass is 381 g/mol. The second-order valence-corrected chi connectivity index (χ2v) is 9.87. The predicted molar refractivity (Wildman–Crippen MR) is 116 cm³/mol. The maximum Gasteiger partial charge on any atom is 0.0972 e. The number of nitrogens with zero attached hydrogens (tertiary/aromatic N) is 1. The molecule has 0 bridgehead atoms. The largest absolute Gasteiger partial charge is 0.245 e. The Morgan fingerprint density at radius 2 is 1.73 bits per heavy atom. The predicted octanol–water partition coefficient (Wildman–Crippen LogP) is 6.94. The molecule has 0 fully saturated rings. The van der Waals surface area contributed by atoms with Gasteiger partial charge in [0, 0.05) is 22.4 Å². The summed E-state index contributed by atoms with van der Waals surface area (Å²) in [5, 5.41) is 3.41. The summed E-state index contributed by atoms with van der Waals surface area (Å²) in [6, 6.07) is 15.6. The van der Waals surface area contributed by atoms with Crippen molar-refractivity contribution in [3.8, 4) is 0 Å². The molecule has 26 heavy (non-hydrogen) atoms. The van der Waals surface area contributed by atoms with Crippen LogP contribution in [0.3, 0.4) is 0 Å². The summed E-state index contributed by atoms with van der Waals surface area (Å²) in [6.07, 6.45) is 0.925. The Morgan fingerprint density at radius 1 is 1.00 bits per heavy atom. The van der Waals surface area contributed by atoms with Crippen molar-refractivity contribution in [2.45, 2.75) is 57.1 Å². The van der Waals surface area contributed by atoms with Crippen molar-refractivity contribution >= 4 is 23.1 Å². The Bertz CT molecular complexity index is 870. The molecule has 3 rings (SSSR count). The van der Waals surface area contributed by atoms with Gasteiger partial charge in [-0.05, 0) is 42.0 Å². The van der Waals surface area contributed by atoms with E-state index in [2.05, 4.69) is 82.5 Å². The van der Waals surface area contributed by atoms with Gasteiger partial charge in [0.25, 0.3) is 0 Å². The van der Waals surface area contributed by atoms with Crippen LogP contribution in [0.5, 0.6) is 0 Å². The third-order valence-corrected chi connectivity index (χ3v) is 6.59. The molecule has 0 aliphatic carbocycles. The van der Waals surface area contributed by atoms with Gasteiger partial charge < -0.3 is 0 Å². The topological polar surface area (TPSA) is 12.9 Å². The lowest BCUT2D eigenvalue weighted by Crippen LogP contribution is -2.11. The molecule has 0 aliphatic rings. The van der Waals surface area contributed by atoms with Crippen LogP contribution in [0.15, 0.2) is 52.7 Å². The SMILES string of the molecule is Cc1ccc(Cc2nc(CSc3cc(C(C)(C)C)ccc3C)cs2)cc1. The highest BCUT2D eigenvalue weighted by molar-refractivity contribution is 7.98. The summed E-state index contributed by atoms with van der Waals surface area (Å²) in [6.45, 7) is 11.1. The molecule has 0 aliphatic heterocycles. The third kappa shape index (κ3) is 4.99. The first-order valence-electron chi connectivity index (χ1n) is 9.04. The van der Waals surface area contributed by atoms with Crippen LogP contribution in [-0.4, -0.2) is 4.98 Å². The molecule has 3 aromatic rings. The fourth-order valence-electron chi connectivity index (χ4n) is 2.75. The molecular formula is C23H27NS2. The Morgan fingerprint density at radius 3 is 2.42 bits per heavy atom. The second-order valence-electron chi connectivity index (χ2n) is 7.91. The first-order valence-corrected chi connectivity index (χ1v) is 10.9. The van der Waals surface area contributed by atoms with Crippen molar-refractivity contribution < 1.29 is 0 Å². The third-order valence-electron chi connectivity index (χ3n) is 4.50. The Balaban J connectivity index is 1.66. The van der Waals surface area contributed by atoms with E-state index >= 15 is 0 Å². The molecular weight excluding hydrogens is 354 g/mol. The molecule has 0 atom stereocenters. The zero-order valence-electron chi connectivity index (χ0n) is 16.3. The molecule has 2 aromatic carbocycles. The molecule has 0 unspecified atom stereocenters. The molecule has 0 N–H and O–H groups in total. The number of hydrogen-bond donors (Lipinski definition) is 0. The molecule has 0 amide bonds. The van der Waals surface area contributed by atoms with Crippen LogP contribution >= 0.6 is 23.1 Å². The van der Waals surface area contributed by atoms with Gasteiger partial charge in [-0.3, -0.25) is 0 Å². The van der Waals surface area contributed by atoms with E-state index in [1.165, 1.54) is 37.9 Å². The van der Waals surface area contributed by atoms with Crippen molar-refractivity contribution in [2.24, 2.45) is 0 Å². The van der Waals surface area contributed by atoms with E-state index in [9.17, 15) is 0 Å². The van der Waals surface area contributed by atoms with Crippen molar-refractivity contribution in [3.63, 3.8) is 0 Å². The van der Waals surface area contributed by atoms with E-state index in [-0.39, 0.29) is 5.41 Å². The first-order chi connectivity index (χ1) is 12.3. The molecule has 3 heteroatoms. The second kappa shape index (κ2) is 7.98. The lowest BCUT2D eigenvalue weighted by molar-refractivity contribution is 0.588. The molecule has 0 radical (unpaired) electrons. The van der Waals surface area contributed by atoms with Crippen LogP contribution < -0.4 is 0 Å². The van der Waals surface area contributed by atoms with Gasteiger partial charge in [0.2, 0.25) is 0 Å². The summed E-state index contributed by atoms with van der Waals surface area (Å²) >= 11 is 3.67. The minimum absolute atomic E-state index is 0.185. The lowest BCUT2D eigenvalue weighted by Gasteiger charge is -2.20. The fourth-order valence-corrected chi connectivity index (χ4v) is 4.64. The summed E-state index contributed by atoms with van der Waals surface area (Å²) in [4.78, 5) is 6.21. The minimum atomic E-state index is 0.185. The van der Waals surface area contributed by atoms with Gasteiger partial charge in [-0.1, -0.05) is 62.7 Å². The van der Waals surface area contributed by atoms with Crippen molar-refractivity contribution in [1.82, 2.24) is 4.98 Å². The maximum absolute atomic E-state index is 4.84. The smallest absolute Gasteiger partial charge is 0.0972 e. The van der Waals surface area contributed by atoms with E-state index in [0.29, 0.717) is 0 Å². The van der Waals surface area contributed by atoms with Gasteiger partial charge in [-0.2, -0.15) is 0 Å². The quantitative estimate of drug-likeness (QED) is 0.444. The molecule has 1 nitrogen and oxygen atoms in total. The van der Waals surface area contributed by atoms with Gasteiger partial charge in [-0.25, -0.2) is 4.98 Å². The summed E-state index contributed by atoms with van der Waals surface area (Å²) in [5.41, 5.74) is 6.74. The van der Waals surface area contributed by atoms with Crippen molar-refractivity contribution in [1.29, 1.82) is 0 Å². The van der Waals surface area contributed by atoms with Gasteiger partial charge in [0.15, 0.2) is 0 Å². The average Bonchev–Trinajstić information content (AvgIpc) is 3.02. The number of thioether (sulfide) groups is 1. The van der Waals surface area contributed by atoms with Crippen molar-refractivity contribution in [2.75, 3.05) is 0 Å². The van der Waals surface area contributed by atoms with Gasteiger partial charge in [0.05, 0.1) is 10.7 Å². The molecule has 0 spiro atoms. The van der Waals surface area contributed by atoms with Crippen LogP contribution in [0, 0.1) is 13.8 Å². The summed E-state index contributed by atoms with van der Waals surface area (Å²) in [7, 11) is 0. The van der Waals surface area contributed by atoms with Gasteiger partial charge >= 0.3 is 0 Å². The Labute approximate surface area is 165 Å². The van der Waals surface area contributed by atoms with Crippen LogP contribution in [0.4, 0.5) is 0 Å². The molecule has 136 valence electrons. The number of thiazole rings is 1. The zero-order valence-corrected chi connectivity index (χ0v) is 17.9. The number of rotatable bonds is 5. The Hall–Kier alpha value is -1.58. The van der Waals surface area contributed by atoms with Crippen LogP contribution in [0.1, 0.15) is 53.7 Å². The molecule has 1 heterocycles. The highest BCUT2D eigenvalue weighted by Crippen LogP contribution is 2.31. The van der Waals surface area contributed by atoms with E-state index in [0.717, 1.165) is 12.2 Å². The number of hydrogen-bond acceptors (Lipinski definition) is 3. The van der Waals surface area contributed by atoms with E-state index in [4.69, 9.17) is 4.98 Å². The molecule has 0 saturated heterocycles. The standard InChI is InChI=1S/C23H27NS2/c1-16-6-9-18(10-7-16)12-22-24-20(15-26-22)14-25-21-13-19(23(3,4)5)11-8-17(21)2/h6-11,13,15H,12,14H2,1-5H3. The summed E-state index contributed by atoms with van der Waals surface area (Å²) in [5.74, 6) is 0.929. The highest BCUT2D eigenvalue weighted by Gasteiger charge is 2.15. The first kappa shape index (κ1) is 19.2. The number of aryl methyl sites for hydroxylation is 2. The Kier molecular flexibility index (Phi) is 5.89. The lowest BCUT2D eigenvalue weighted by atomic mass is 9.87. The maximum atomic E-state index is 4.84. The van der Waals surface area contributed by atoms with Crippen LogP contribution in [0.25, 0.3) is 0 Å². The van der Waals surface area contributed by atoms with Crippen molar-refractivity contribution in [3.05, 3.63) is 80.8 Å².